The first kappa shape index (κ1) is 30.6. The molecule has 4 bridgehead atoms. The molecule has 0 spiro atoms. The van der Waals surface area contributed by atoms with Gasteiger partial charge in [0.1, 0.15) is 11.5 Å². The Bertz CT molecular complexity index is 936. The molecule has 0 N–H and O–H groups in total. The van der Waals surface area contributed by atoms with E-state index < -0.39 is 0 Å². The fourth-order valence-electron chi connectivity index (χ4n) is 5.74. The Morgan fingerprint density at radius 3 is 1.05 bits per heavy atom. The molecule has 212 valence electrons. The third kappa shape index (κ3) is 8.52. The second-order valence-corrected chi connectivity index (χ2v) is 13.4. The molecule has 2 nitrogen and oxygen atoms in total. The van der Waals surface area contributed by atoms with Crippen molar-refractivity contribution in [2.24, 2.45) is 0 Å². The minimum Gasteiger partial charge on any atom is -0.493 e. The van der Waals surface area contributed by atoms with E-state index in [0.29, 0.717) is 13.2 Å². The lowest BCUT2D eigenvalue weighted by Crippen LogP contribution is -2.15. The van der Waals surface area contributed by atoms with Crippen molar-refractivity contribution in [3.8, 4) is 11.5 Å². The Kier molecular flexibility index (Phi) is 11.2. The first-order valence-corrected chi connectivity index (χ1v) is 15.6. The molecule has 3 rings (SSSR count). The zero-order valence-electron chi connectivity index (χ0n) is 26.0. The van der Waals surface area contributed by atoms with E-state index in [2.05, 4.69) is 79.7 Å². The third-order valence-corrected chi connectivity index (χ3v) is 8.10. The smallest absolute Gasteiger partial charge is 0.125 e. The summed E-state index contributed by atoms with van der Waals surface area (Å²) in [6.45, 7) is 19.7. The SMILES string of the molecule is CCOc1c2cc(C(C)(C)C)cc1CCc1cc(C(C)(C)C)cc(c1OCC)CCCCCCCCCC2. The van der Waals surface area contributed by atoms with Crippen LogP contribution in [0, 0.1) is 0 Å². The van der Waals surface area contributed by atoms with Gasteiger partial charge < -0.3 is 9.47 Å². The van der Waals surface area contributed by atoms with Gasteiger partial charge >= 0.3 is 0 Å². The number of hydrogen-bond donors (Lipinski definition) is 0. The summed E-state index contributed by atoms with van der Waals surface area (Å²) in [5.74, 6) is 2.29. The number of hydrogen-bond acceptors (Lipinski definition) is 2. The van der Waals surface area contributed by atoms with Gasteiger partial charge in [0.05, 0.1) is 13.2 Å². The molecule has 38 heavy (non-hydrogen) atoms. The van der Waals surface area contributed by atoms with Gasteiger partial charge in [-0.2, -0.15) is 0 Å². The number of rotatable bonds is 4. The molecule has 0 saturated heterocycles. The Hall–Kier alpha value is -1.96. The van der Waals surface area contributed by atoms with Crippen molar-refractivity contribution in [1.82, 2.24) is 0 Å². The van der Waals surface area contributed by atoms with E-state index >= 15 is 0 Å². The van der Waals surface area contributed by atoms with Gasteiger partial charge in [0.25, 0.3) is 0 Å². The topological polar surface area (TPSA) is 18.5 Å². The molecule has 0 fully saturated rings. The summed E-state index contributed by atoms with van der Waals surface area (Å²) in [4.78, 5) is 0. The predicted octanol–water partition coefficient (Wildman–Crippen LogP) is 10.1. The Morgan fingerprint density at radius 2 is 0.763 bits per heavy atom. The molecule has 2 aromatic rings. The largest absolute Gasteiger partial charge is 0.493 e. The van der Waals surface area contributed by atoms with Crippen LogP contribution in [0.15, 0.2) is 24.3 Å². The second-order valence-electron chi connectivity index (χ2n) is 13.4. The summed E-state index contributed by atoms with van der Waals surface area (Å²) in [7, 11) is 0. The standard InChI is InChI=1S/C36H56O2/c1-9-37-33-27-19-17-15-13-11-12-14-16-18-20-28-24-32(36(6,7)8)26-30(34(28)38-10-2)22-21-29(33)25-31(23-27)35(3,4)5/h23-26H,9-22H2,1-8H3. The van der Waals surface area contributed by atoms with Gasteiger partial charge in [-0.25, -0.2) is 0 Å². The van der Waals surface area contributed by atoms with Crippen LogP contribution in [-0.4, -0.2) is 13.2 Å². The molecule has 2 heteroatoms. The molecule has 0 atom stereocenters. The highest BCUT2D eigenvalue weighted by molar-refractivity contribution is 5.50. The van der Waals surface area contributed by atoms with Crippen LogP contribution in [0.3, 0.4) is 0 Å². The monoisotopic (exact) mass is 520 g/mol. The van der Waals surface area contributed by atoms with Gasteiger partial charge in [-0.1, -0.05) is 104 Å². The second kappa shape index (κ2) is 13.9. The minimum atomic E-state index is 0.112. The van der Waals surface area contributed by atoms with E-state index in [-0.39, 0.29) is 10.8 Å². The molecule has 0 saturated carbocycles. The number of benzene rings is 2. The van der Waals surface area contributed by atoms with Gasteiger partial charge in [0.2, 0.25) is 0 Å². The maximum Gasteiger partial charge on any atom is 0.125 e. The van der Waals surface area contributed by atoms with Crippen LogP contribution in [0.4, 0.5) is 0 Å². The van der Waals surface area contributed by atoms with Crippen molar-refractivity contribution in [2.45, 2.75) is 143 Å². The van der Waals surface area contributed by atoms with Crippen LogP contribution in [-0.2, 0) is 36.5 Å². The van der Waals surface area contributed by atoms with Crippen molar-refractivity contribution < 1.29 is 9.47 Å². The Balaban J connectivity index is 2.12. The van der Waals surface area contributed by atoms with Crippen LogP contribution < -0.4 is 9.47 Å². The van der Waals surface area contributed by atoms with E-state index in [4.69, 9.17) is 9.47 Å². The predicted molar refractivity (Wildman–Crippen MR) is 164 cm³/mol. The average molecular weight is 521 g/mol. The molecule has 2 aromatic carbocycles. The quantitative estimate of drug-likeness (QED) is 0.399. The first-order valence-electron chi connectivity index (χ1n) is 15.6. The Labute approximate surface area is 234 Å². The van der Waals surface area contributed by atoms with Crippen LogP contribution in [0.5, 0.6) is 11.5 Å². The molecule has 0 radical (unpaired) electrons. The van der Waals surface area contributed by atoms with Gasteiger partial charge in [-0.3, -0.25) is 0 Å². The maximum absolute atomic E-state index is 6.40. The zero-order valence-corrected chi connectivity index (χ0v) is 26.0. The number of aryl methyl sites for hydroxylation is 4. The fourth-order valence-corrected chi connectivity index (χ4v) is 5.74. The highest BCUT2D eigenvalue weighted by Gasteiger charge is 2.22. The third-order valence-electron chi connectivity index (χ3n) is 8.10. The summed E-state index contributed by atoms with van der Waals surface area (Å²) in [6.07, 6.45) is 14.7. The molecule has 1 aliphatic carbocycles. The first-order chi connectivity index (χ1) is 18.0. The summed E-state index contributed by atoms with van der Waals surface area (Å²) < 4.78 is 12.8. The van der Waals surface area contributed by atoms with E-state index in [1.165, 1.54) is 84.7 Å². The Morgan fingerprint density at radius 1 is 0.474 bits per heavy atom. The number of fused-ring (bicyclic) bond motifs is 4. The summed E-state index contributed by atoms with van der Waals surface area (Å²) >= 11 is 0. The summed E-state index contributed by atoms with van der Waals surface area (Å²) in [5, 5.41) is 0. The highest BCUT2D eigenvalue weighted by Crippen LogP contribution is 2.37. The molecular formula is C36H56O2. The van der Waals surface area contributed by atoms with Crippen molar-refractivity contribution in [1.29, 1.82) is 0 Å². The van der Waals surface area contributed by atoms with Crippen molar-refractivity contribution in [2.75, 3.05) is 13.2 Å². The molecule has 0 heterocycles. The van der Waals surface area contributed by atoms with Crippen LogP contribution in [0.1, 0.15) is 140 Å². The van der Waals surface area contributed by atoms with Crippen molar-refractivity contribution in [3.63, 3.8) is 0 Å². The van der Waals surface area contributed by atoms with E-state index in [1.54, 1.807) is 0 Å². The maximum atomic E-state index is 6.40. The number of ether oxygens (including phenoxy) is 2. The highest BCUT2D eigenvalue weighted by atomic mass is 16.5. The normalized spacial score (nSPS) is 16.4. The van der Waals surface area contributed by atoms with Crippen molar-refractivity contribution in [3.05, 3.63) is 57.6 Å². The molecular weight excluding hydrogens is 464 g/mol. The molecule has 0 aliphatic heterocycles. The summed E-state index contributed by atoms with van der Waals surface area (Å²) in [5.41, 5.74) is 8.61. The summed E-state index contributed by atoms with van der Waals surface area (Å²) in [6, 6.07) is 9.75. The van der Waals surface area contributed by atoms with Gasteiger partial charge in [0, 0.05) is 0 Å². The minimum absolute atomic E-state index is 0.112. The van der Waals surface area contributed by atoms with Crippen LogP contribution >= 0.6 is 0 Å². The van der Waals surface area contributed by atoms with Gasteiger partial charge in [-0.05, 0) is 96.6 Å². The lowest BCUT2D eigenvalue weighted by Gasteiger charge is -2.26. The molecule has 1 aliphatic rings. The van der Waals surface area contributed by atoms with Crippen molar-refractivity contribution >= 4 is 0 Å². The fraction of sp³-hybridized carbons (Fsp3) is 0.667. The molecule has 0 unspecified atom stereocenters. The van der Waals surface area contributed by atoms with E-state index in [9.17, 15) is 0 Å². The molecule has 0 amide bonds. The lowest BCUT2D eigenvalue weighted by atomic mass is 9.82. The average Bonchev–Trinajstić information content (AvgIpc) is 2.84. The zero-order chi connectivity index (χ0) is 27.8. The lowest BCUT2D eigenvalue weighted by molar-refractivity contribution is 0.329. The molecule has 0 aromatic heterocycles. The van der Waals surface area contributed by atoms with E-state index in [1.807, 2.05) is 0 Å². The van der Waals surface area contributed by atoms with E-state index in [0.717, 1.165) is 37.2 Å². The van der Waals surface area contributed by atoms with Crippen LogP contribution in [0.25, 0.3) is 0 Å². The van der Waals surface area contributed by atoms with Gasteiger partial charge in [0.15, 0.2) is 0 Å². The van der Waals surface area contributed by atoms with Crippen LogP contribution in [0.2, 0.25) is 0 Å². The van der Waals surface area contributed by atoms with Gasteiger partial charge in [-0.15, -0.1) is 0 Å².